The standard InChI is InChI=1S/C20H18FIN4O3S/c21-14-10-12(22)3-4-15(14)24-19-17(13-2-1-5-23-18(13)30-19)20(29)26-8-6-25(7-9-26)11-16(27)28/h1-5,10,24H,6-9,11H2,(H,27,28). The summed E-state index contributed by atoms with van der Waals surface area (Å²) >= 11 is 3.35. The fourth-order valence-corrected chi connectivity index (χ4v) is 4.90. The summed E-state index contributed by atoms with van der Waals surface area (Å²) < 4.78 is 15.2. The molecule has 0 bridgehead atoms. The molecule has 2 aromatic heterocycles. The summed E-state index contributed by atoms with van der Waals surface area (Å²) in [6.07, 6.45) is 1.66. The predicted molar refractivity (Wildman–Crippen MR) is 122 cm³/mol. The molecule has 0 atom stereocenters. The van der Waals surface area contributed by atoms with E-state index in [-0.39, 0.29) is 12.5 Å². The minimum atomic E-state index is -0.879. The number of pyridine rings is 1. The summed E-state index contributed by atoms with van der Waals surface area (Å²) in [7, 11) is 0. The second-order valence-corrected chi connectivity index (χ2v) is 9.12. The number of nitrogens with zero attached hydrogens (tertiary/aromatic N) is 3. The Bertz CT molecular complexity index is 1110. The highest BCUT2D eigenvalue weighted by molar-refractivity contribution is 14.1. The number of hydrogen-bond acceptors (Lipinski definition) is 6. The maximum absolute atomic E-state index is 14.4. The number of carboxylic acids is 1. The summed E-state index contributed by atoms with van der Waals surface area (Å²) in [5, 5.41) is 13.3. The van der Waals surface area contributed by atoms with Crippen LogP contribution >= 0.6 is 33.9 Å². The van der Waals surface area contributed by atoms with E-state index in [1.54, 1.807) is 34.2 Å². The highest BCUT2D eigenvalue weighted by atomic mass is 127. The van der Waals surface area contributed by atoms with Gasteiger partial charge in [-0.05, 0) is 52.9 Å². The van der Waals surface area contributed by atoms with Crippen LogP contribution in [0.1, 0.15) is 10.4 Å². The lowest BCUT2D eigenvalue weighted by molar-refractivity contribution is -0.138. The highest BCUT2D eigenvalue weighted by Gasteiger charge is 2.28. The number of carbonyl (C=O) groups excluding carboxylic acids is 1. The van der Waals surface area contributed by atoms with Crippen molar-refractivity contribution in [3.8, 4) is 0 Å². The van der Waals surface area contributed by atoms with Crippen molar-refractivity contribution < 1.29 is 19.1 Å². The number of carbonyl (C=O) groups is 2. The molecule has 0 radical (unpaired) electrons. The first-order chi connectivity index (χ1) is 14.4. The van der Waals surface area contributed by atoms with Gasteiger partial charge in [0.1, 0.15) is 15.6 Å². The molecule has 1 amide bonds. The lowest BCUT2D eigenvalue weighted by atomic mass is 10.1. The van der Waals surface area contributed by atoms with Gasteiger partial charge in [0.2, 0.25) is 0 Å². The number of carboxylic acid groups (broad SMARTS) is 1. The van der Waals surface area contributed by atoms with Gasteiger partial charge in [0.05, 0.1) is 17.8 Å². The molecule has 156 valence electrons. The van der Waals surface area contributed by atoms with Crippen LogP contribution in [0.5, 0.6) is 0 Å². The van der Waals surface area contributed by atoms with Gasteiger partial charge in [-0.1, -0.05) is 11.3 Å². The summed E-state index contributed by atoms with van der Waals surface area (Å²) in [6, 6.07) is 8.47. The number of halogens is 2. The smallest absolute Gasteiger partial charge is 0.317 e. The quantitative estimate of drug-likeness (QED) is 0.481. The lowest BCUT2D eigenvalue weighted by Crippen LogP contribution is -2.49. The molecule has 30 heavy (non-hydrogen) atoms. The molecule has 1 fully saturated rings. The minimum absolute atomic E-state index is 0.0355. The van der Waals surface area contributed by atoms with E-state index in [0.717, 1.165) is 3.57 Å². The number of aromatic nitrogens is 1. The van der Waals surface area contributed by atoms with Crippen LogP contribution in [-0.4, -0.2) is 64.5 Å². The SMILES string of the molecule is O=C(O)CN1CCN(C(=O)c2c(Nc3ccc(I)cc3F)sc3ncccc23)CC1. The molecular weight excluding hydrogens is 522 g/mol. The molecule has 1 aromatic carbocycles. The van der Waals surface area contributed by atoms with Crippen molar-refractivity contribution in [3.63, 3.8) is 0 Å². The van der Waals surface area contributed by atoms with E-state index in [2.05, 4.69) is 10.3 Å². The molecule has 3 heterocycles. The first-order valence-electron chi connectivity index (χ1n) is 9.25. The van der Waals surface area contributed by atoms with Crippen molar-refractivity contribution in [3.05, 3.63) is 51.5 Å². The Hall–Kier alpha value is -2.31. The Morgan fingerprint density at radius 2 is 2.00 bits per heavy atom. The van der Waals surface area contributed by atoms with Crippen LogP contribution in [-0.2, 0) is 4.79 Å². The topological polar surface area (TPSA) is 85.8 Å². The zero-order valence-electron chi connectivity index (χ0n) is 15.8. The van der Waals surface area contributed by atoms with Crippen molar-refractivity contribution in [1.82, 2.24) is 14.8 Å². The number of fused-ring (bicyclic) bond motifs is 1. The van der Waals surface area contributed by atoms with Crippen LogP contribution in [0.3, 0.4) is 0 Å². The minimum Gasteiger partial charge on any atom is -0.480 e. The second kappa shape index (κ2) is 8.82. The first kappa shape index (κ1) is 20.9. The number of benzene rings is 1. The van der Waals surface area contributed by atoms with Crippen molar-refractivity contribution in [2.24, 2.45) is 0 Å². The van der Waals surface area contributed by atoms with Crippen molar-refractivity contribution in [2.45, 2.75) is 0 Å². The van der Waals surface area contributed by atoms with E-state index in [1.807, 2.05) is 28.7 Å². The molecule has 3 aromatic rings. The van der Waals surface area contributed by atoms with Crippen LogP contribution in [0, 0.1) is 9.39 Å². The molecule has 0 spiro atoms. The fourth-order valence-electron chi connectivity index (χ4n) is 3.40. The van der Waals surface area contributed by atoms with Gasteiger partial charge >= 0.3 is 5.97 Å². The van der Waals surface area contributed by atoms with Gasteiger partial charge in [0.25, 0.3) is 5.91 Å². The van der Waals surface area contributed by atoms with Crippen LogP contribution in [0.15, 0.2) is 36.5 Å². The normalized spacial score (nSPS) is 14.8. The Morgan fingerprint density at radius 1 is 1.23 bits per heavy atom. The van der Waals surface area contributed by atoms with Crippen LogP contribution in [0.4, 0.5) is 15.1 Å². The fraction of sp³-hybridized carbons (Fsp3) is 0.250. The van der Waals surface area contributed by atoms with Gasteiger partial charge in [-0.15, -0.1) is 0 Å². The zero-order chi connectivity index (χ0) is 21.3. The van der Waals surface area contributed by atoms with Gasteiger partial charge < -0.3 is 15.3 Å². The molecule has 0 unspecified atom stereocenters. The van der Waals surface area contributed by atoms with E-state index in [0.29, 0.717) is 52.6 Å². The maximum atomic E-state index is 14.4. The number of thiophene rings is 1. The van der Waals surface area contributed by atoms with Crippen LogP contribution in [0.25, 0.3) is 10.2 Å². The van der Waals surface area contributed by atoms with Gasteiger partial charge in [-0.25, -0.2) is 9.37 Å². The van der Waals surface area contributed by atoms with E-state index >= 15 is 0 Å². The van der Waals surface area contributed by atoms with Crippen molar-refractivity contribution in [1.29, 1.82) is 0 Å². The highest BCUT2D eigenvalue weighted by Crippen LogP contribution is 2.37. The number of anilines is 2. The predicted octanol–water partition coefficient (Wildman–Crippen LogP) is 3.63. The second-order valence-electron chi connectivity index (χ2n) is 6.87. The van der Waals surface area contributed by atoms with E-state index < -0.39 is 11.8 Å². The molecule has 7 nitrogen and oxygen atoms in total. The monoisotopic (exact) mass is 540 g/mol. The number of piperazine rings is 1. The first-order valence-corrected chi connectivity index (χ1v) is 11.1. The third kappa shape index (κ3) is 4.40. The molecule has 1 aliphatic rings. The number of amides is 1. The molecule has 2 N–H and O–H groups in total. The maximum Gasteiger partial charge on any atom is 0.317 e. The summed E-state index contributed by atoms with van der Waals surface area (Å²) in [4.78, 5) is 32.9. The van der Waals surface area contributed by atoms with E-state index in [4.69, 9.17) is 5.11 Å². The summed E-state index contributed by atoms with van der Waals surface area (Å²) in [6.45, 7) is 1.81. The average Bonchev–Trinajstić information content (AvgIpc) is 3.07. The number of rotatable bonds is 5. The molecule has 0 aliphatic carbocycles. The van der Waals surface area contributed by atoms with Crippen molar-refractivity contribution in [2.75, 3.05) is 38.0 Å². The Kier molecular flexibility index (Phi) is 6.16. The van der Waals surface area contributed by atoms with E-state index in [1.165, 1.54) is 17.4 Å². The zero-order valence-corrected chi connectivity index (χ0v) is 18.7. The van der Waals surface area contributed by atoms with Crippen LogP contribution in [0.2, 0.25) is 0 Å². The Morgan fingerprint density at radius 3 is 2.70 bits per heavy atom. The average molecular weight is 540 g/mol. The number of nitrogens with one attached hydrogen (secondary N) is 1. The van der Waals surface area contributed by atoms with E-state index in [9.17, 15) is 14.0 Å². The van der Waals surface area contributed by atoms with Crippen LogP contribution < -0.4 is 5.32 Å². The summed E-state index contributed by atoms with van der Waals surface area (Å²) in [5.41, 5.74) is 0.759. The summed E-state index contributed by atoms with van der Waals surface area (Å²) in [5.74, 6) is -1.44. The Labute approximate surface area is 189 Å². The van der Waals surface area contributed by atoms with Gasteiger partial charge in [-0.3, -0.25) is 14.5 Å². The molecular formula is C20H18FIN4O3S. The number of aliphatic carboxylic acids is 1. The number of hydrogen-bond donors (Lipinski definition) is 2. The molecule has 4 rings (SSSR count). The molecule has 1 aliphatic heterocycles. The molecule has 10 heteroatoms. The van der Waals surface area contributed by atoms with Gasteiger partial charge in [0.15, 0.2) is 0 Å². The third-order valence-electron chi connectivity index (χ3n) is 4.88. The Balaban J connectivity index is 1.63. The van der Waals surface area contributed by atoms with Crippen molar-refractivity contribution >= 4 is 66.7 Å². The largest absolute Gasteiger partial charge is 0.480 e. The molecule has 1 saturated heterocycles. The molecule has 0 saturated carbocycles. The third-order valence-corrected chi connectivity index (χ3v) is 6.58. The van der Waals surface area contributed by atoms with Gasteiger partial charge in [-0.2, -0.15) is 0 Å². The lowest BCUT2D eigenvalue weighted by Gasteiger charge is -2.34. The van der Waals surface area contributed by atoms with Gasteiger partial charge in [0, 0.05) is 41.3 Å².